The van der Waals surface area contributed by atoms with Crippen molar-refractivity contribution in [3.8, 4) is 0 Å². The molecule has 1 aromatic heterocycles. The number of halogens is 1. The second-order valence-corrected chi connectivity index (χ2v) is 7.30. The van der Waals surface area contributed by atoms with Crippen LogP contribution in [0.2, 0.25) is 5.02 Å². The number of piperidine rings is 1. The van der Waals surface area contributed by atoms with Crippen LogP contribution in [-0.4, -0.2) is 46.7 Å². The summed E-state index contributed by atoms with van der Waals surface area (Å²) >= 11 is 6.03. The van der Waals surface area contributed by atoms with E-state index in [1.54, 1.807) is 6.20 Å². The molecule has 5 nitrogen and oxygen atoms in total. The highest BCUT2D eigenvalue weighted by Gasteiger charge is 2.25. The smallest absolute Gasteiger partial charge is 0.303 e. The molecule has 27 heavy (non-hydrogen) atoms. The normalized spacial score (nSPS) is 16.9. The van der Waals surface area contributed by atoms with E-state index in [1.165, 1.54) is 0 Å². The van der Waals surface area contributed by atoms with Gasteiger partial charge in [0, 0.05) is 30.7 Å². The topological polar surface area (TPSA) is 62.7 Å². The number of ether oxygens (including phenoxy) is 1. The van der Waals surface area contributed by atoms with Crippen LogP contribution in [0.5, 0.6) is 0 Å². The first-order valence-corrected chi connectivity index (χ1v) is 9.75. The number of aliphatic carboxylic acids is 1. The Morgan fingerprint density at radius 3 is 2.59 bits per heavy atom. The zero-order chi connectivity index (χ0) is 19.1. The summed E-state index contributed by atoms with van der Waals surface area (Å²) in [5.74, 6) is -0.727. The summed E-state index contributed by atoms with van der Waals surface area (Å²) in [5, 5.41) is 9.47. The average molecular weight is 389 g/mol. The van der Waals surface area contributed by atoms with Crippen LogP contribution < -0.4 is 0 Å². The highest BCUT2D eigenvalue weighted by molar-refractivity contribution is 6.30. The summed E-state index contributed by atoms with van der Waals surface area (Å²) in [6, 6.07) is 13.6. The van der Waals surface area contributed by atoms with E-state index in [0.29, 0.717) is 11.4 Å². The molecule has 1 unspecified atom stereocenters. The van der Waals surface area contributed by atoms with E-state index >= 15 is 0 Å². The van der Waals surface area contributed by atoms with E-state index < -0.39 is 5.97 Å². The Bertz CT molecular complexity index is 716. The van der Waals surface area contributed by atoms with Crippen molar-refractivity contribution in [3.05, 3.63) is 64.9 Å². The fourth-order valence-corrected chi connectivity index (χ4v) is 3.53. The van der Waals surface area contributed by atoms with Gasteiger partial charge in [0.25, 0.3) is 0 Å². The summed E-state index contributed by atoms with van der Waals surface area (Å²) in [6.45, 7) is 2.69. The van der Waals surface area contributed by atoms with Crippen molar-refractivity contribution in [1.82, 2.24) is 9.88 Å². The van der Waals surface area contributed by atoms with Gasteiger partial charge in [-0.25, -0.2) is 0 Å². The Morgan fingerprint density at radius 1 is 1.22 bits per heavy atom. The van der Waals surface area contributed by atoms with Gasteiger partial charge in [0.05, 0.1) is 11.8 Å². The molecule has 0 aliphatic carbocycles. The van der Waals surface area contributed by atoms with E-state index in [0.717, 1.165) is 43.7 Å². The number of benzene rings is 1. The maximum atomic E-state index is 10.7. The second-order valence-electron chi connectivity index (χ2n) is 6.86. The Hall–Kier alpha value is -1.95. The third-order valence-corrected chi connectivity index (χ3v) is 5.11. The Balaban J connectivity index is 1.60. The standard InChI is InChI=1S/C21H25ClN2O3/c22-17-8-6-16(7-9-17)21(19-4-1-2-12-23-19)27-18-10-14-24(15-11-18)13-3-5-20(25)26/h1-2,4,6-9,12,18,21H,3,5,10-11,13-15H2,(H,25,26). The van der Waals surface area contributed by atoms with Crippen LogP contribution in [0.4, 0.5) is 0 Å². The number of hydrogen-bond donors (Lipinski definition) is 1. The number of carboxylic acid groups (broad SMARTS) is 1. The summed E-state index contributed by atoms with van der Waals surface area (Å²) in [7, 11) is 0. The molecule has 6 heteroatoms. The molecule has 0 radical (unpaired) electrons. The van der Waals surface area contributed by atoms with Gasteiger partial charge in [0.2, 0.25) is 0 Å². The van der Waals surface area contributed by atoms with Crippen LogP contribution in [0.3, 0.4) is 0 Å². The van der Waals surface area contributed by atoms with Crippen LogP contribution in [-0.2, 0) is 9.53 Å². The van der Waals surface area contributed by atoms with Crippen LogP contribution in [0, 0.1) is 0 Å². The molecule has 0 bridgehead atoms. The lowest BCUT2D eigenvalue weighted by atomic mass is 10.0. The molecule has 1 N–H and O–H groups in total. The van der Waals surface area contributed by atoms with Gasteiger partial charge in [-0.3, -0.25) is 9.78 Å². The maximum absolute atomic E-state index is 10.7. The first-order valence-electron chi connectivity index (χ1n) is 9.38. The molecule has 0 saturated carbocycles. The van der Waals surface area contributed by atoms with Crippen molar-refractivity contribution in [2.75, 3.05) is 19.6 Å². The van der Waals surface area contributed by atoms with Crippen LogP contribution in [0.15, 0.2) is 48.7 Å². The number of aromatic nitrogens is 1. The lowest BCUT2D eigenvalue weighted by Crippen LogP contribution is -2.38. The van der Waals surface area contributed by atoms with Crippen LogP contribution in [0.25, 0.3) is 0 Å². The predicted octanol–water partition coefficient (Wildman–Crippen LogP) is 4.17. The molecular weight excluding hydrogens is 364 g/mol. The fourth-order valence-electron chi connectivity index (χ4n) is 3.40. The lowest BCUT2D eigenvalue weighted by Gasteiger charge is -2.34. The van der Waals surface area contributed by atoms with E-state index in [1.807, 2.05) is 42.5 Å². The molecule has 1 atom stereocenters. The van der Waals surface area contributed by atoms with E-state index in [-0.39, 0.29) is 18.6 Å². The summed E-state index contributed by atoms with van der Waals surface area (Å²) < 4.78 is 6.47. The van der Waals surface area contributed by atoms with Gasteiger partial charge in [-0.2, -0.15) is 0 Å². The number of pyridine rings is 1. The molecule has 1 aliphatic heterocycles. The number of nitrogens with zero attached hydrogens (tertiary/aromatic N) is 2. The largest absolute Gasteiger partial charge is 0.481 e. The number of carboxylic acids is 1. The number of carbonyl (C=O) groups is 1. The van der Waals surface area contributed by atoms with Crippen molar-refractivity contribution in [2.24, 2.45) is 0 Å². The van der Waals surface area contributed by atoms with Crippen LogP contribution in [0.1, 0.15) is 43.0 Å². The van der Waals surface area contributed by atoms with Crippen molar-refractivity contribution in [3.63, 3.8) is 0 Å². The minimum Gasteiger partial charge on any atom is -0.481 e. The molecule has 3 rings (SSSR count). The van der Waals surface area contributed by atoms with E-state index in [9.17, 15) is 4.79 Å². The second kappa shape index (κ2) is 9.83. The van der Waals surface area contributed by atoms with Crippen molar-refractivity contribution in [1.29, 1.82) is 0 Å². The number of hydrogen-bond acceptors (Lipinski definition) is 4. The first kappa shape index (κ1) is 19.8. The molecule has 144 valence electrons. The molecule has 1 saturated heterocycles. The highest BCUT2D eigenvalue weighted by atomic mass is 35.5. The van der Waals surface area contributed by atoms with Crippen molar-refractivity contribution >= 4 is 17.6 Å². The van der Waals surface area contributed by atoms with Gasteiger partial charge in [0.15, 0.2) is 0 Å². The van der Waals surface area contributed by atoms with E-state index in [4.69, 9.17) is 21.4 Å². The SMILES string of the molecule is O=C(O)CCCN1CCC(OC(c2ccc(Cl)cc2)c2ccccn2)CC1. The van der Waals surface area contributed by atoms with Gasteiger partial charge in [0.1, 0.15) is 6.10 Å². The summed E-state index contributed by atoms with van der Waals surface area (Å²) in [6.07, 6.45) is 4.52. The van der Waals surface area contributed by atoms with Gasteiger partial charge >= 0.3 is 5.97 Å². The van der Waals surface area contributed by atoms with Gasteiger partial charge in [-0.1, -0.05) is 29.8 Å². The van der Waals surface area contributed by atoms with Gasteiger partial charge in [-0.15, -0.1) is 0 Å². The Morgan fingerprint density at radius 2 is 1.96 bits per heavy atom. The molecule has 0 amide bonds. The quantitative estimate of drug-likeness (QED) is 0.735. The molecule has 1 fully saturated rings. The minimum absolute atomic E-state index is 0.156. The number of likely N-dealkylation sites (tertiary alicyclic amines) is 1. The van der Waals surface area contributed by atoms with Gasteiger partial charge in [-0.05, 0) is 55.6 Å². The maximum Gasteiger partial charge on any atom is 0.303 e. The highest BCUT2D eigenvalue weighted by Crippen LogP contribution is 2.29. The fraction of sp³-hybridized carbons (Fsp3) is 0.429. The monoisotopic (exact) mass is 388 g/mol. The van der Waals surface area contributed by atoms with E-state index in [2.05, 4.69) is 9.88 Å². The molecule has 1 aromatic carbocycles. The summed E-state index contributed by atoms with van der Waals surface area (Å²) in [5.41, 5.74) is 1.94. The molecular formula is C21H25ClN2O3. The molecule has 0 spiro atoms. The predicted molar refractivity (Wildman–Crippen MR) is 105 cm³/mol. The molecule has 2 aromatic rings. The van der Waals surface area contributed by atoms with Crippen LogP contribution >= 0.6 is 11.6 Å². The number of rotatable bonds is 8. The third kappa shape index (κ3) is 6.03. The van der Waals surface area contributed by atoms with Crippen molar-refractivity contribution in [2.45, 2.75) is 37.9 Å². The average Bonchev–Trinajstić information content (AvgIpc) is 2.68. The zero-order valence-corrected chi connectivity index (χ0v) is 16.0. The molecule has 1 aliphatic rings. The Labute approximate surface area is 164 Å². The minimum atomic E-state index is -0.727. The Kier molecular flexibility index (Phi) is 7.21. The first-order chi connectivity index (χ1) is 13.1. The lowest BCUT2D eigenvalue weighted by molar-refractivity contribution is -0.137. The third-order valence-electron chi connectivity index (χ3n) is 4.86. The summed E-state index contributed by atoms with van der Waals surface area (Å²) in [4.78, 5) is 17.5. The van der Waals surface area contributed by atoms with Gasteiger partial charge < -0.3 is 14.7 Å². The van der Waals surface area contributed by atoms with Crippen molar-refractivity contribution < 1.29 is 14.6 Å². The zero-order valence-electron chi connectivity index (χ0n) is 15.3. The molecule has 2 heterocycles.